The van der Waals surface area contributed by atoms with Crippen LogP contribution in [0.2, 0.25) is 0 Å². The van der Waals surface area contributed by atoms with Gasteiger partial charge in [0, 0.05) is 47.7 Å². The third-order valence-electron chi connectivity index (χ3n) is 4.84. The molecule has 0 aromatic heterocycles. The minimum atomic E-state index is -0.182. The van der Waals surface area contributed by atoms with Gasteiger partial charge in [0.1, 0.15) is 0 Å². The number of imide groups is 1. The molecule has 1 aliphatic rings. The highest BCUT2D eigenvalue weighted by Crippen LogP contribution is 2.35. The van der Waals surface area contributed by atoms with Crippen molar-refractivity contribution in [3.05, 3.63) is 41.5 Å². The smallest absolute Gasteiger partial charge is 0.261 e. The first kappa shape index (κ1) is 17.4. The Morgan fingerprint density at radius 3 is 2.28 bits per heavy atom. The maximum Gasteiger partial charge on any atom is 0.261 e. The molecule has 0 spiro atoms. The van der Waals surface area contributed by atoms with Crippen molar-refractivity contribution in [2.75, 3.05) is 45.7 Å². The molecular formula is C20H25N3O2. The van der Waals surface area contributed by atoms with E-state index < -0.39 is 0 Å². The first-order chi connectivity index (χ1) is 12.0. The minimum absolute atomic E-state index is 0.182. The van der Waals surface area contributed by atoms with Crippen molar-refractivity contribution >= 4 is 28.3 Å². The average molecular weight is 339 g/mol. The third-order valence-corrected chi connectivity index (χ3v) is 4.84. The van der Waals surface area contributed by atoms with Crippen LogP contribution in [0.1, 0.15) is 34.1 Å². The normalized spacial score (nSPS) is 13.9. The van der Waals surface area contributed by atoms with Crippen LogP contribution in [-0.4, -0.2) is 62.4 Å². The molecule has 5 nitrogen and oxygen atoms in total. The van der Waals surface area contributed by atoms with Crippen molar-refractivity contribution in [1.82, 2.24) is 9.80 Å². The second-order valence-electron chi connectivity index (χ2n) is 6.79. The molecule has 2 aromatic carbocycles. The van der Waals surface area contributed by atoms with Gasteiger partial charge >= 0.3 is 0 Å². The van der Waals surface area contributed by atoms with Crippen LogP contribution in [0.5, 0.6) is 0 Å². The van der Waals surface area contributed by atoms with E-state index in [4.69, 9.17) is 0 Å². The van der Waals surface area contributed by atoms with Crippen LogP contribution in [-0.2, 0) is 0 Å². The van der Waals surface area contributed by atoms with Crippen LogP contribution in [0.25, 0.3) is 10.8 Å². The fourth-order valence-electron chi connectivity index (χ4n) is 3.38. The highest BCUT2D eigenvalue weighted by Gasteiger charge is 2.33. The molecule has 0 atom stereocenters. The number of hydrogen-bond donors (Lipinski definition) is 0. The van der Waals surface area contributed by atoms with Crippen molar-refractivity contribution in [1.29, 1.82) is 0 Å². The maximum atomic E-state index is 12.9. The van der Waals surface area contributed by atoms with Crippen molar-refractivity contribution in [3.8, 4) is 0 Å². The Morgan fingerprint density at radius 2 is 1.64 bits per heavy atom. The summed E-state index contributed by atoms with van der Waals surface area (Å²) in [5.41, 5.74) is 2.30. The summed E-state index contributed by atoms with van der Waals surface area (Å²) in [6, 6.07) is 9.57. The molecule has 1 aliphatic heterocycles. The van der Waals surface area contributed by atoms with E-state index >= 15 is 0 Å². The van der Waals surface area contributed by atoms with Gasteiger partial charge in [-0.15, -0.1) is 0 Å². The lowest BCUT2D eigenvalue weighted by Crippen LogP contribution is -2.41. The van der Waals surface area contributed by atoms with Gasteiger partial charge in [-0.2, -0.15) is 0 Å². The molecule has 3 rings (SSSR count). The maximum absolute atomic E-state index is 12.9. The monoisotopic (exact) mass is 339 g/mol. The van der Waals surface area contributed by atoms with Crippen LogP contribution in [0.4, 0.5) is 5.69 Å². The molecule has 0 unspecified atom stereocenters. The highest BCUT2D eigenvalue weighted by atomic mass is 16.2. The fraction of sp³-hybridized carbons (Fsp3) is 0.400. The summed E-state index contributed by atoms with van der Waals surface area (Å²) in [5.74, 6) is -0.365. The zero-order chi connectivity index (χ0) is 18.1. The predicted molar refractivity (Wildman–Crippen MR) is 101 cm³/mol. The summed E-state index contributed by atoms with van der Waals surface area (Å²) >= 11 is 0. The minimum Gasteiger partial charge on any atom is -0.374 e. The molecule has 0 radical (unpaired) electrons. The second-order valence-corrected chi connectivity index (χ2v) is 6.79. The lowest BCUT2D eigenvalue weighted by Gasteiger charge is -2.29. The number of hydrogen-bond acceptors (Lipinski definition) is 4. The van der Waals surface area contributed by atoms with Gasteiger partial charge < -0.3 is 9.80 Å². The van der Waals surface area contributed by atoms with Crippen LogP contribution >= 0.6 is 0 Å². The Labute approximate surface area is 148 Å². The van der Waals surface area contributed by atoms with Gasteiger partial charge in [0.2, 0.25) is 0 Å². The SMILES string of the molecule is CCN(C)c1ccc2c3c(cccc13)C(=O)N(CCCN(C)C)C2=O. The van der Waals surface area contributed by atoms with Gasteiger partial charge in [0.05, 0.1) is 0 Å². The molecule has 0 N–H and O–H groups in total. The standard InChI is InChI=1S/C20H25N3O2/c1-5-22(4)17-11-10-16-18-14(17)8-6-9-15(18)19(24)23(20(16)25)13-7-12-21(2)3/h6,8-11H,5,7,12-13H2,1-4H3. The summed E-state index contributed by atoms with van der Waals surface area (Å²) < 4.78 is 0. The molecule has 0 saturated heterocycles. The van der Waals surface area contributed by atoms with E-state index in [-0.39, 0.29) is 11.8 Å². The lowest BCUT2D eigenvalue weighted by molar-refractivity contribution is 0.0606. The van der Waals surface area contributed by atoms with Gasteiger partial charge in [-0.3, -0.25) is 14.5 Å². The van der Waals surface area contributed by atoms with Gasteiger partial charge in [-0.25, -0.2) is 0 Å². The summed E-state index contributed by atoms with van der Waals surface area (Å²) in [7, 11) is 5.99. The van der Waals surface area contributed by atoms with E-state index in [9.17, 15) is 9.59 Å². The quantitative estimate of drug-likeness (QED) is 0.759. The van der Waals surface area contributed by atoms with Crippen molar-refractivity contribution in [2.45, 2.75) is 13.3 Å². The zero-order valence-corrected chi connectivity index (χ0v) is 15.4. The topological polar surface area (TPSA) is 43.9 Å². The first-order valence-electron chi connectivity index (χ1n) is 8.73. The van der Waals surface area contributed by atoms with E-state index in [0.717, 1.165) is 36.0 Å². The lowest BCUT2D eigenvalue weighted by atomic mass is 9.92. The number of carbonyl (C=O) groups is 2. The van der Waals surface area contributed by atoms with Gasteiger partial charge in [-0.05, 0) is 52.2 Å². The molecular weight excluding hydrogens is 314 g/mol. The number of anilines is 1. The van der Waals surface area contributed by atoms with Crippen molar-refractivity contribution in [3.63, 3.8) is 0 Å². The number of amides is 2. The van der Waals surface area contributed by atoms with Crippen molar-refractivity contribution < 1.29 is 9.59 Å². The zero-order valence-electron chi connectivity index (χ0n) is 15.4. The molecule has 132 valence electrons. The van der Waals surface area contributed by atoms with Crippen LogP contribution in [0.15, 0.2) is 30.3 Å². The molecule has 0 saturated carbocycles. The van der Waals surface area contributed by atoms with E-state index in [1.54, 1.807) is 0 Å². The number of carbonyl (C=O) groups excluding carboxylic acids is 2. The van der Waals surface area contributed by atoms with Crippen LogP contribution in [0.3, 0.4) is 0 Å². The number of nitrogens with zero attached hydrogens (tertiary/aromatic N) is 3. The number of rotatable bonds is 6. The van der Waals surface area contributed by atoms with Gasteiger partial charge in [-0.1, -0.05) is 12.1 Å². The Bertz CT molecular complexity index is 807. The summed E-state index contributed by atoms with van der Waals surface area (Å²) in [6.07, 6.45) is 0.770. The summed E-state index contributed by atoms with van der Waals surface area (Å²) in [6.45, 7) is 4.23. The molecule has 5 heteroatoms. The Balaban J connectivity index is 2.06. The third kappa shape index (κ3) is 3.00. The van der Waals surface area contributed by atoms with E-state index in [2.05, 4.69) is 16.7 Å². The summed E-state index contributed by atoms with van der Waals surface area (Å²) in [4.78, 5) is 31.4. The van der Waals surface area contributed by atoms with Gasteiger partial charge in [0.25, 0.3) is 11.8 Å². The van der Waals surface area contributed by atoms with Crippen LogP contribution < -0.4 is 4.90 Å². The molecule has 0 fully saturated rings. The Kier molecular flexibility index (Phi) is 4.77. The molecule has 25 heavy (non-hydrogen) atoms. The highest BCUT2D eigenvalue weighted by molar-refractivity contribution is 6.26. The molecule has 1 heterocycles. The number of benzene rings is 2. The van der Waals surface area contributed by atoms with Gasteiger partial charge in [0.15, 0.2) is 0 Å². The van der Waals surface area contributed by atoms with Crippen LogP contribution in [0, 0.1) is 0 Å². The second kappa shape index (κ2) is 6.84. The molecule has 2 aromatic rings. The molecule has 0 bridgehead atoms. The average Bonchev–Trinajstić information content (AvgIpc) is 2.61. The van der Waals surface area contributed by atoms with E-state index in [0.29, 0.717) is 17.7 Å². The Morgan fingerprint density at radius 1 is 0.960 bits per heavy atom. The molecule has 2 amide bonds. The molecule has 0 aliphatic carbocycles. The summed E-state index contributed by atoms with van der Waals surface area (Å²) in [5, 5.41) is 1.76. The van der Waals surface area contributed by atoms with Crippen molar-refractivity contribution in [2.24, 2.45) is 0 Å². The Hall–Kier alpha value is -2.40. The largest absolute Gasteiger partial charge is 0.374 e. The fourth-order valence-corrected chi connectivity index (χ4v) is 3.38. The first-order valence-corrected chi connectivity index (χ1v) is 8.73. The predicted octanol–water partition coefficient (Wildman–Crippen LogP) is 2.84. The van der Waals surface area contributed by atoms with E-state index in [1.165, 1.54) is 4.90 Å². The van der Waals surface area contributed by atoms with E-state index in [1.807, 2.05) is 51.5 Å².